The number of aromatic amines is 1. The Morgan fingerprint density at radius 1 is 1.06 bits per heavy atom. The topological polar surface area (TPSA) is 59.6 Å². The fraction of sp³-hybridized carbons (Fsp3) is 0.400. The summed E-state index contributed by atoms with van der Waals surface area (Å²) in [4.78, 5) is 19.0. The van der Waals surface area contributed by atoms with Crippen molar-refractivity contribution >= 4 is 22.6 Å². The average molecular weight is 460 g/mol. The first-order chi connectivity index (χ1) is 15.7. The number of nitrogens with zero attached hydrogens (tertiary/aromatic N) is 2. The Kier molecular flexibility index (Phi) is 6.65. The standard InChI is InChI=1S/C25H28F3N3O2/c1-17-21(22-15-18(24(32)33)8-9-23(22)29-17)7-2-3-10-30-11-13-31(14-12-30)20-6-4-5-19(16-20)25(26,27)28/h4-6,8-9,15-16,29H,2-3,7,10-14H2,1H3,(H,32,33). The first-order valence-electron chi connectivity index (χ1n) is 11.2. The predicted molar refractivity (Wildman–Crippen MR) is 123 cm³/mol. The van der Waals surface area contributed by atoms with Crippen molar-refractivity contribution in [2.24, 2.45) is 0 Å². The Morgan fingerprint density at radius 2 is 1.82 bits per heavy atom. The first kappa shape index (κ1) is 23.2. The Bertz CT molecular complexity index is 1130. The van der Waals surface area contributed by atoms with E-state index < -0.39 is 17.7 Å². The molecule has 1 aliphatic heterocycles. The van der Waals surface area contributed by atoms with Crippen LogP contribution in [0.25, 0.3) is 10.9 Å². The minimum atomic E-state index is -4.32. The Balaban J connectivity index is 1.27. The lowest BCUT2D eigenvalue weighted by Gasteiger charge is -2.36. The van der Waals surface area contributed by atoms with Crippen LogP contribution in [0.1, 0.15) is 40.0 Å². The third-order valence-corrected chi connectivity index (χ3v) is 6.43. The number of piperazine rings is 1. The molecule has 3 aromatic rings. The largest absolute Gasteiger partial charge is 0.478 e. The van der Waals surface area contributed by atoms with E-state index in [1.807, 2.05) is 17.9 Å². The van der Waals surface area contributed by atoms with Crippen LogP contribution in [0, 0.1) is 6.92 Å². The summed E-state index contributed by atoms with van der Waals surface area (Å²) in [7, 11) is 0. The smallest absolute Gasteiger partial charge is 0.416 e. The van der Waals surface area contributed by atoms with E-state index in [4.69, 9.17) is 0 Å². The molecule has 5 nitrogen and oxygen atoms in total. The number of halogens is 3. The maximum atomic E-state index is 13.0. The van der Waals surface area contributed by atoms with Crippen LogP contribution in [0.15, 0.2) is 42.5 Å². The molecule has 1 fully saturated rings. The number of unbranched alkanes of at least 4 members (excludes halogenated alkanes) is 1. The van der Waals surface area contributed by atoms with Crippen LogP contribution < -0.4 is 4.90 Å². The molecule has 2 aromatic carbocycles. The fourth-order valence-corrected chi connectivity index (χ4v) is 4.58. The van der Waals surface area contributed by atoms with Gasteiger partial charge in [0.1, 0.15) is 0 Å². The van der Waals surface area contributed by atoms with Gasteiger partial charge in [0.25, 0.3) is 0 Å². The lowest BCUT2D eigenvalue weighted by Crippen LogP contribution is -2.46. The van der Waals surface area contributed by atoms with Crippen molar-refractivity contribution in [1.29, 1.82) is 0 Å². The second-order valence-electron chi connectivity index (χ2n) is 8.63. The van der Waals surface area contributed by atoms with E-state index in [2.05, 4.69) is 9.88 Å². The van der Waals surface area contributed by atoms with Gasteiger partial charge in [-0.15, -0.1) is 0 Å². The number of hydrogen-bond acceptors (Lipinski definition) is 3. The number of carboxylic acid groups (broad SMARTS) is 1. The van der Waals surface area contributed by atoms with Gasteiger partial charge in [-0.3, -0.25) is 4.90 Å². The van der Waals surface area contributed by atoms with Gasteiger partial charge in [0.2, 0.25) is 0 Å². The second kappa shape index (κ2) is 9.47. The number of hydrogen-bond donors (Lipinski definition) is 2. The van der Waals surface area contributed by atoms with Crippen LogP contribution in [0.2, 0.25) is 0 Å². The summed E-state index contributed by atoms with van der Waals surface area (Å²) in [5, 5.41) is 10.2. The molecule has 0 amide bonds. The zero-order valence-corrected chi connectivity index (χ0v) is 18.6. The molecule has 2 N–H and O–H groups in total. The Labute approximate surface area is 190 Å². The van der Waals surface area contributed by atoms with E-state index in [-0.39, 0.29) is 0 Å². The maximum absolute atomic E-state index is 13.0. The molecule has 33 heavy (non-hydrogen) atoms. The highest BCUT2D eigenvalue weighted by Crippen LogP contribution is 2.32. The molecule has 8 heteroatoms. The van der Waals surface area contributed by atoms with Gasteiger partial charge in [-0.1, -0.05) is 6.07 Å². The van der Waals surface area contributed by atoms with Crippen LogP contribution >= 0.6 is 0 Å². The Morgan fingerprint density at radius 3 is 2.52 bits per heavy atom. The van der Waals surface area contributed by atoms with Gasteiger partial charge in [0, 0.05) is 48.5 Å². The number of nitrogens with one attached hydrogen (secondary N) is 1. The minimum Gasteiger partial charge on any atom is -0.478 e. The number of aromatic carboxylic acids is 1. The lowest BCUT2D eigenvalue weighted by atomic mass is 10.0. The molecule has 0 aliphatic carbocycles. The number of carboxylic acids is 1. The molecular weight excluding hydrogens is 431 g/mol. The van der Waals surface area contributed by atoms with Gasteiger partial charge in [0.15, 0.2) is 0 Å². The van der Waals surface area contributed by atoms with E-state index in [0.29, 0.717) is 24.3 Å². The lowest BCUT2D eigenvalue weighted by molar-refractivity contribution is -0.137. The minimum absolute atomic E-state index is 0.293. The molecule has 1 aromatic heterocycles. The molecule has 0 atom stereocenters. The molecule has 1 aliphatic rings. The van der Waals surface area contributed by atoms with Crippen molar-refractivity contribution < 1.29 is 23.1 Å². The third kappa shape index (κ3) is 5.33. The number of H-pyrrole nitrogens is 1. The van der Waals surface area contributed by atoms with Crippen molar-refractivity contribution in [3.05, 3.63) is 64.8 Å². The van der Waals surface area contributed by atoms with E-state index in [9.17, 15) is 23.1 Å². The van der Waals surface area contributed by atoms with E-state index >= 15 is 0 Å². The zero-order chi connectivity index (χ0) is 23.6. The zero-order valence-electron chi connectivity index (χ0n) is 18.6. The summed E-state index contributed by atoms with van der Waals surface area (Å²) in [6, 6.07) is 10.7. The summed E-state index contributed by atoms with van der Waals surface area (Å²) >= 11 is 0. The van der Waals surface area contributed by atoms with E-state index in [0.717, 1.165) is 61.6 Å². The van der Waals surface area contributed by atoms with Crippen molar-refractivity contribution in [1.82, 2.24) is 9.88 Å². The summed E-state index contributed by atoms with van der Waals surface area (Å²) in [5.74, 6) is -0.925. The number of benzene rings is 2. The van der Waals surface area contributed by atoms with Crippen LogP contribution in [0.4, 0.5) is 18.9 Å². The highest BCUT2D eigenvalue weighted by molar-refractivity contribution is 5.95. The summed E-state index contributed by atoms with van der Waals surface area (Å²) < 4.78 is 39.0. The van der Waals surface area contributed by atoms with Gasteiger partial charge < -0.3 is 15.0 Å². The number of anilines is 1. The van der Waals surface area contributed by atoms with E-state index in [1.165, 1.54) is 17.7 Å². The number of fused-ring (bicyclic) bond motifs is 1. The van der Waals surface area contributed by atoms with Gasteiger partial charge in [-0.05, 0) is 74.7 Å². The molecule has 176 valence electrons. The first-order valence-corrected chi connectivity index (χ1v) is 11.2. The van der Waals surface area contributed by atoms with Gasteiger partial charge in [-0.2, -0.15) is 13.2 Å². The van der Waals surface area contributed by atoms with Crippen LogP contribution in [-0.4, -0.2) is 53.7 Å². The monoisotopic (exact) mass is 459 g/mol. The third-order valence-electron chi connectivity index (χ3n) is 6.43. The molecule has 0 unspecified atom stereocenters. The molecule has 0 radical (unpaired) electrons. The number of rotatable bonds is 7. The summed E-state index contributed by atoms with van der Waals surface area (Å²) in [6.45, 7) is 6.03. The molecule has 0 saturated carbocycles. The number of carbonyl (C=O) groups is 1. The van der Waals surface area contributed by atoms with Crippen molar-refractivity contribution in [2.45, 2.75) is 32.4 Å². The molecule has 4 rings (SSSR count). The maximum Gasteiger partial charge on any atom is 0.416 e. The van der Waals surface area contributed by atoms with Gasteiger partial charge in [0.05, 0.1) is 11.1 Å². The predicted octanol–water partition coefficient (Wildman–Crippen LogP) is 5.34. The second-order valence-corrected chi connectivity index (χ2v) is 8.63. The summed E-state index contributed by atoms with van der Waals surface area (Å²) in [5.41, 5.74) is 3.51. The quantitative estimate of drug-likeness (QED) is 0.469. The fourth-order valence-electron chi connectivity index (χ4n) is 4.58. The van der Waals surface area contributed by atoms with Crippen LogP contribution in [0.5, 0.6) is 0 Å². The molecule has 0 spiro atoms. The number of aromatic nitrogens is 1. The molecule has 2 heterocycles. The number of alkyl halides is 3. The highest BCUT2D eigenvalue weighted by atomic mass is 19.4. The van der Waals surface area contributed by atoms with Gasteiger partial charge >= 0.3 is 12.1 Å². The van der Waals surface area contributed by atoms with E-state index in [1.54, 1.807) is 18.2 Å². The van der Waals surface area contributed by atoms with Crippen LogP contribution in [-0.2, 0) is 12.6 Å². The van der Waals surface area contributed by atoms with Crippen molar-refractivity contribution in [3.63, 3.8) is 0 Å². The average Bonchev–Trinajstić information content (AvgIpc) is 3.11. The summed E-state index contributed by atoms with van der Waals surface area (Å²) in [6.07, 6.45) is -1.46. The van der Waals surface area contributed by atoms with Crippen LogP contribution in [0.3, 0.4) is 0 Å². The SMILES string of the molecule is Cc1[nH]c2ccc(C(=O)O)cc2c1CCCCN1CCN(c2cccc(C(F)(F)F)c2)CC1. The number of aryl methyl sites for hydroxylation is 2. The molecule has 1 saturated heterocycles. The van der Waals surface area contributed by atoms with Crippen molar-refractivity contribution in [2.75, 3.05) is 37.6 Å². The Hall–Kier alpha value is -3.00. The van der Waals surface area contributed by atoms with Gasteiger partial charge in [-0.25, -0.2) is 4.79 Å². The molecular formula is C25H28F3N3O2. The highest BCUT2D eigenvalue weighted by Gasteiger charge is 2.31. The normalized spacial score (nSPS) is 15.3. The van der Waals surface area contributed by atoms with Crippen molar-refractivity contribution in [3.8, 4) is 0 Å². The molecule has 0 bridgehead atoms.